The molecule has 1 aliphatic carbocycles. The van der Waals surface area contributed by atoms with Gasteiger partial charge in [-0.15, -0.1) is 0 Å². The molecule has 256 valence electrons. The zero-order chi connectivity index (χ0) is 33.2. The minimum absolute atomic E-state index is 0. The van der Waals surface area contributed by atoms with Gasteiger partial charge in [0.15, 0.2) is 11.6 Å². The quantitative estimate of drug-likeness (QED) is 0.182. The van der Waals surface area contributed by atoms with E-state index in [0.717, 1.165) is 71.0 Å². The van der Waals surface area contributed by atoms with Gasteiger partial charge in [-0.2, -0.15) is 0 Å². The Balaban J connectivity index is 0.00000417. The third-order valence-corrected chi connectivity index (χ3v) is 10.4. The number of likely N-dealkylation sites (N-methyl/N-ethyl adjacent to an activating group) is 1. The Morgan fingerprint density at radius 2 is 1.41 bits per heavy atom. The number of Topliss-reactive ketones (excluding diaryl/α,β-unsaturated/α-hetero) is 2. The maximum atomic E-state index is 13.6. The molecule has 2 N–H and O–H groups in total. The standard InChI is InChI=1S/C40H44N4O4.CH4/c1-41-39(30-7-3-2-4-8-30)40(48)44-20-6-10-35(44)37(46)23-28-15-18-32-31(21-28)25-33(42-32)29-16-13-26(14-17-29)22-36(45)34-9-5-19-43(34)38(47)24-27-11-12-27;/h2-4,7-8,13-18,21,25,27,34-35,39,41-42H,5-6,9-12,19-20,22-24H2,1H3;1H4/t34-,35-,39+;/m0./s1. The summed E-state index contributed by atoms with van der Waals surface area (Å²) in [5.74, 6) is 0.807. The Morgan fingerprint density at radius 1 is 0.776 bits per heavy atom. The van der Waals surface area contributed by atoms with Gasteiger partial charge in [0, 0.05) is 48.9 Å². The number of rotatable bonds is 12. The lowest BCUT2D eigenvalue weighted by atomic mass is 9.99. The van der Waals surface area contributed by atoms with Gasteiger partial charge in [0.1, 0.15) is 6.04 Å². The Bertz CT molecular complexity index is 1810. The first-order valence-electron chi connectivity index (χ1n) is 17.5. The normalized spacial score (nSPS) is 19.5. The van der Waals surface area contributed by atoms with Crippen LogP contribution in [0.25, 0.3) is 22.2 Å². The highest BCUT2D eigenvalue weighted by Crippen LogP contribution is 2.34. The van der Waals surface area contributed by atoms with Crippen LogP contribution in [0.1, 0.15) is 75.1 Å². The number of hydrogen-bond donors (Lipinski definition) is 2. The summed E-state index contributed by atoms with van der Waals surface area (Å²) in [5, 5.41) is 4.16. The molecule has 3 fully saturated rings. The van der Waals surface area contributed by atoms with E-state index in [0.29, 0.717) is 38.3 Å². The topological polar surface area (TPSA) is 103 Å². The van der Waals surface area contributed by atoms with Gasteiger partial charge in [0.25, 0.3) is 0 Å². The van der Waals surface area contributed by atoms with Gasteiger partial charge in [-0.05, 0) is 91.9 Å². The molecule has 3 aliphatic rings. The molecule has 3 aromatic carbocycles. The van der Waals surface area contributed by atoms with Crippen molar-refractivity contribution < 1.29 is 19.2 Å². The fourth-order valence-electron chi connectivity index (χ4n) is 7.58. The Labute approximate surface area is 289 Å². The summed E-state index contributed by atoms with van der Waals surface area (Å²) in [5.41, 5.74) is 5.73. The second kappa shape index (κ2) is 14.9. The van der Waals surface area contributed by atoms with Crippen LogP contribution >= 0.6 is 0 Å². The summed E-state index contributed by atoms with van der Waals surface area (Å²) in [7, 11) is 1.78. The molecule has 1 aromatic heterocycles. The second-order valence-corrected chi connectivity index (χ2v) is 13.8. The monoisotopic (exact) mass is 660 g/mol. The van der Waals surface area contributed by atoms with E-state index < -0.39 is 12.1 Å². The molecule has 49 heavy (non-hydrogen) atoms. The van der Waals surface area contributed by atoms with E-state index in [-0.39, 0.29) is 43.3 Å². The number of H-pyrrole nitrogens is 1. The molecule has 2 aliphatic heterocycles. The number of hydrogen-bond acceptors (Lipinski definition) is 5. The average molecular weight is 661 g/mol. The largest absolute Gasteiger partial charge is 0.355 e. The van der Waals surface area contributed by atoms with Crippen molar-refractivity contribution in [1.29, 1.82) is 0 Å². The number of benzene rings is 3. The molecule has 2 amide bonds. The van der Waals surface area contributed by atoms with Crippen molar-refractivity contribution in [3.05, 3.63) is 95.6 Å². The number of aromatic amines is 1. The number of carbonyl (C=O) groups is 4. The van der Waals surface area contributed by atoms with Crippen molar-refractivity contribution in [2.45, 2.75) is 83.3 Å². The fourth-order valence-corrected chi connectivity index (χ4v) is 7.58. The van der Waals surface area contributed by atoms with Crippen LogP contribution in [0, 0.1) is 5.92 Å². The van der Waals surface area contributed by atoms with Gasteiger partial charge in [-0.3, -0.25) is 19.2 Å². The molecule has 0 spiro atoms. The first kappa shape index (κ1) is 34.3. The molecule has 1 saturated carbocycles. The van der Waals surface area contributed by atoms with E-state index in [2.05, 4.69) is 22.4 Å². The minimum atomic E-state index is -0.478. The molecule has 8 heteroatoms. The van der Waals surface area contributed by atoms with Crippen LogP contribution in [0.2, 0.25) is 0 Å². The summed E-state index contributed by atoms with van der Waals surface area (Å²) in [6.07, 6.45) is 6.63. The van der Waals surface area contributed by atoms with Gasteiger partial charge in [0.05, 0.1) is 12.1 Å². The lowest BCUT2D eigenvalue weighted by Crippen LogP contribution is -2.46. The van der Waals surface area contributed by atoms with Crippen molar-refractivity contribution in [3.8, 4) is 11.3 Å². The van der Waals surface area contributed by atoms with Crippen LogP contribution in [0.4, 0.5) is 0 Å². The molecule has 8 nitrogen and oxygen atoms in total. The lowest BCUT2D eigenvalue weighted by Gasteiger charge is -2.28. The van der Waals surface area contributed by atoms with Crippen LogP contribution in [0.15, 0.2) is 78.9 Å². The molecule has 2 saturated heterocycles. The Kier molecular flexibility index (Phi) is 10.4. The molecule has 3 atom stereocenters. The number of ketones is 2. The molecule has 4 aromatic rings. The highest BCUT2D eigenvalue weighted by Gasteiger charge is 2.38. The van der Waals surface area contributed by atoms with E-state index in [1.807, 2.05) is 71.6 Å². The third-order valence-electron chi connectivity index (χ3n) is 10.4. The van der Waals surface area contributed by atoms with E-state index in [9.17, 15) is 19.2 Å². The fraction of sp³-hybridized carbons (Fsp3) is 0.415. The van der Waals surface area contributed by atoms with Gasteiger partial charge in [-0.25, -0.2) is 0 Å². The lowest BCUT2D eigenvalue weighted by molar-refractivity contribution is -0.139. The van der Waals surface area contributed by atoms with Crippen LogP contribution in [0.3, 0.4) is 0 Å². The molecule has 0 radical (unpaired) electrons. The van der Waals surface area contributed by atoms with E-state index >= 15 is 0 Å². The van der Waals surface area contributed by atoms with Crippen LogP contribution in [0.5, 0.6) is 0 Å². The highest BCUT2D eigenvalue weighted by molar-refractivity contribution is 5.94. The van der Waals surface area contributed by atoms with Crippen molar-refractivity contribution in [3.63, 3.8) is 0 Å². The van der Waals surface area contributed by atoms with E-state index in [1.54, 1.807) is 11.9 Å². The maximum Gasteiger partial charge on any atom is 0.244 e. The van der Waals surface area contributed by atoms with Crippen molar-refractivity contribution in [2.75, 3.05) is 20.1 Å². The first-order chi connectivity index (χ1) is 23.4. The minimum Gasteiger partial charge on any atom is -0.355 e. The number of nitrogens with zero attached hydrogens (tertiary/aromatic N) is 2. The Morgan fingerprint density at radius 3 is 2.08 bits per heavy atom. The molecule has 3 heterocycles. The molecular weight excluding hydrogens is 612 g/mol. The summed E-state index contributed by atoms with van der Waals surface area (Å²) in [6, 6.07) is 24.7. The van der Waals surface area contributed by atoms with E-state index in [4.69, 9.17) is 0 Å². The maximum absolute atomic E-state index is 13.6. The number of carbonyl (C=O) groups excluding carboxylic acids is 4. The predicted molar refractivity (Wildman–Crippen MR) is 193 cm³/mol. The van der Waals surface area contributed by atoms with Crippen molar-refractivity contribution in [2.24, 2.45) is 5.92 Å². The highest BCUT2D eigenvalue weighted by atomic mass is 16.2. The summed E-state index contributed by atoms with van der Waals surface area (Å²) in [4.78, 5) is 60.1. The molecular formula is C41H48N4O4. The molecule has 0 unspecified atom stereocenters. The number of nitrogens with one attached hydrogen (secondary N) is 2. The van der Waals surface area contributed by atoms with Gasteiger partial charge >= 0.3 is 0 Å². The van der Waals surface area contributed by atoms with Gasteiger partial charge in [0.2, 0.25) is 11.8 Å². The number of fused-ring (bicyclic) bond motifs is 1. The SMILES string of the molecule is C.CN[C@@H](C(=O)N1CCC[C@H]1C(=O)Cc1ccc2[nH]c(-c3ccc(CC(=O)[C@@H]4CCCN4C(=O)CC4CC4)cc3)cc2c1)c1ccccc1. The second-order valence-electron chi connectivity index (χ2n) is 13.8. The smallest absolute Gasteiger partial charge is 0.244 e. The van der Waals surface area contributed by atoms with Crippen molar-refractivity contribution >= 4 is 34.3 Å². The zero-order valence-corrected chi connectivity index (χ0v) is 27.6. The van der Waals surface area contributed by atoms with Crippen LogP contribution in [-0.2, 0) is 32.0 Å². The van der Waals surface area contributed by atoms with Gasteiger partial charge in [-0.1, -0.05) is 68.1 Å². The van der Waals surface area contributed by atoms with Crippen molar-refractivity contribution in [1.82, 2.24) is 20.1 Å². The Hall–Kier alpha value is -4.56. The first-order valence-corrected chi connectivity index (χ1v) is 17.5. The zero-order valence-electron chi connectivity index (χ0n) is 27.6. The number of aromatic nitrogens is 1. The van der Waals surface area contributed by atoms with Crippen LogP contribution in [-0.4, -0.2) is 70.4 Å². The predicted octanol–water partition coefficient (Wildman–Crippen LogP) is 6.44. The summed E-state index contributed by atoms with van der Waals surface area (Å²) >= 11 is 0. The molecule has 0 bridgehead atoms. The molecule has 7 rings (SSSR count). The number of amides is 2. The average Bonchev–Trinajstić information content (AvgIpc) is 3.48. The van der Waals surface area contributed by atoms with Crippen LogP contribution < -0.4 is 5.32 Å². The third kappa shape index (κ3) is 7.54. The summed E-state index contributed by atoms with van der Waals surface area (Å²) < 4.78 is 0. The number of likely N-dealkylation sites (tertiary alicyclic amines) is 2. The summed E-state index contributed by atoms with van der Waals surface area (Å²) in [6.45, 7) is 1.29. The van der Waals surface area contributed by atoms with Gasteiger partial charge < -0.3 is 20.1 Å². The van der Waals surface area contributed by atoms with E-state index in [1.165, 1.54) is 0 Å².